The standard InChI is InChI=1S/C23H26ClN7O2.C16H21NO3.C8H8ClN5.ClH/c1-15(28-23(33)20-12-17(9-10-25-20)16-5-3-2-4-6-16)22(32)26-13-18-11-19(24)7-8-21(18)31-14-27-29-30-31;1-11(16(19)20)17-15(18)14-9-5-8-13(10-14)12-6-3-2-4-7-12;9-7-1-2-8(6(3-7)4-10)14-5-11-12-13-14;/h2-8,11,14-15,17,20,25H,9-10,12-13H2,1H3,(H,26,32)(H,28,33);2-4,6-7,11,13-14H,5,8-10H2,1H3,(H,17,18)(H,19,20);1-3,5H,4,10H2;1H/t15-,17-,20+;11-,13-,14+;;/m00../s1. The van der Waals surface area contributed by atoms with E-state index in [0.29, 0.717) is 40.5 Å². The number of aliphatic carboxylic acids is 1. The number of carboxylic acids is 1. The Labute approximate surface area is 410 Å². The summed E-state index contributed by atoms with van der Waals surface area (Å²) in [7, 11) is 0. The van der Waals surface area contributed by atoms with E-state index in [9.17, 15) is 19.2 Å². The molecule has 3 heterocycles. The largest absolute Gasteiger partial charge is 0.480 e. The molecule has 8 rings (SSSR count). The SMILES string of the molecule is C[C@H](NC(=O)[C@@H]1CCC[C@H](c2ccccc2)C1)C(=O)O.C[C@H](NC(=O)[C@H]1C[C@@H](c2ccccc2)CCN1)C(=O)NCc1cc(Cl)ccc1-n1cnnn1.Cl.NCc1cc(Cl)ccc1-n1cnnn1. The van der Waals surface area contributed by atoms with Gasteiger partial charge < -0.3 is 32.1 Å². The van der Waals surface area contributed by atoms with Crippen molar-refractivity contribution in [1.82, 2.24) is 61.7 Å². The molecule has 6 atom stereocenters. The predicted octanol–water partition coefficient (Wildman–Crippen LogP) is 5.72. The van der Waals surface area contributed by atoms with Crippen LogP contribution in [-0.4, -0.2) is 93.9 Å². The van der Waals surface area contributed by atoms with Gasteiger partial charge >= 0.3 is 5.97 Å². The highest BCUT2D eigenvalue weighted by Crippen LogP contribution is 2.36. The summed E-state index contributed by atoms with van der Waals surface area (Å²) in [5.41, 5.74) is 11.3. The number of halogens is 3. The number of piperidine rings is 1. The van der Waals surface area contributed by atoms with Gasteiger partial charge in [-0.15, -0.1) is 22.6 Å². The number of tetrazole rings is 2. The van der Waals surface area contributed by atoms with Crippen molar-refractivity contribution in [2.75, 3.05) is 6.54 Å². The van der Waals surface area contributed by atoms with Gasteiger partial charge in [-0.05, 0) is 144 Å². The number of nitrogens with zero attached hydrogens (tertiary/aromatic N) is 8. The van der Waals surface area contributed by atoms with Gasteiger partial charge in [-0.25, -0.2) is 9.36 Å². The van der Waals surface area contributed by atoms with Crippen LogP contribution in [0.2, 0.25) is 10.0 Å². The summed E-state index contributed by atoms with van der Waals surface area (Å²) >= 11 is 12.0. The molecule has 2 aliphatic rings. The first-order valence-electron chi connectivity index (χ1n) is 22.1. The second-order valence-electron chi connectivity index (χ2n) is 16.4. The lowest BCUT2D eigenvalue weighted by Crippen LogP contribution is -2.53. The van der Waals surface area contributed by atoms with E-state index in [1.807, 2.05) is 42.5 Å². The van der Waals surface area contributed by atoms with Gasteiger partial charge in [0.1, 0.15) is 24.7 Å². The minimum absolute atomic E-state index is 0. The molecule has 1 aliphatic heterocycles. The molecule has 1 saturated carbocycles. The van der Waals surface area contributed by atoms with E-state index < -0.39 is 18.1 Å². The van der Waals surface area contributed by atoms with Gasteiger partial charge in [0.05, 0.1) is 17.4 Å². The average Bonchev–Trinajstić information content (AvgIpc) is 4.11. The molecular formula is C47H56Cl3N13O5. The van der Waals surface area contributed by atoms with Crippen molar-refractivity contribution in [1.29, 1.82) is 0 Å². The molecule has 3 amide bonds. The number of carbonyl (C=O) groups excluding carboxylic acids is 3. The normalized spacial score (nSPS) is 18.4. The summed E-state index contributed by atoms with van der Waals surface area (Å²) in [5, 5.41) is 43.7. The highest BCUT2D eigenvalue weighted by molar-refractivity contribution is 6.31. The lowest BCUT2D eigenvalue weighted by atomic mass is 9.77. The molecule has 6 aromatic rings. The van der Waals surface area contributed by atoms with Crippen LogP contribution < -0.4 is 27.0 Å². The third kappa shape index (κ3) is 15.1. The molecule has 1 saturated heterocycles. The maximum atomic E-state index is 12.8. The smallest absolute Gasteiger partial charge is 0.325 e. The van der Waals surface area contributed by atoms with E-state index in [2.05, 4.69) is 76.6 Å². The van der Waals surface area contributed by atoms with E-state index in [0.717, 1.165) is 55.5 Å². The van der Waals surface area contributed by atoms with Crippen LogP contribution in [0.5, 0.6) is 0 Å². The molecule has 2 fully saturated rings. The lowest BCUT2D eigenvalue weighted by Gasteiger charge is -2.30. The molecule has 7 N–H and O–H groups in total. The minimum atomic E-state index is -0.992. The predicted molar refractivity (Wildman–Crippen MR) is 260 cm³/mol. The van der Waals surface area contributed by atoms with Crippen LogP contribution in [0.15, 0.2) is 110 Å². The van der Waals surface area contributed by atoms with Crippen molar-refractivity contribution in [3.8, 4) is 11.4 Å². The quantitative estimate of drug-likeness (QED) is 0.0812. The fourth-order valence-electron chi connectivity index (χ4n) is 8.11. The number of benzene rings is 4. The molecule has 2 aromatic heterocycles. The number of carboxylic acid groups (broad SMARTS) is 1. The van der Waals surface area contributed by atoms with Crippen molar-refractivity contribution in [2.45, 2.75) is 95.4 Å². The second-order valence-corrected chi connectivity index (χ2v) is 17.3. The van der Waals surface area contributed by atoms with Gasteiger partial charge in [0, 0.05) is 29.1 Å². The minimum Gasteiger partial charge on any atom is -0.480 e. The number of amides is 3. The van der Waals surface area contributed by atoms with Crippen molar-refractivity contribution in [3.05, 3.63) is 142 Å². The van der Waals surface area contributed by atoms with Gasteiger partial charge in [-0.2, -0.15) is 0 Å². The summed E-state index contributed by atoms with van der Waals surface area (Å²) in [6.07, 6.45) is 8.43. The zero-order chi connectivity index (χ0) is 47.7. The summed E-state index contributed by atoms with van der Waals surface area (Å²) < 4.78 is 3.06. The summed E-state index contributed by atoms with van der Waals surface area (Å²) in [4.78, 5) is 48.4. The molecular weight excluding hydrogens is 933 g/mol. The first-order chi connectivity index (χ1) is 32.4. The first-order valence-corrected chi connectivity index (χ1v) is 22.8. The Morgan fingerprint density at radius 1 is 0.735 bits per heavy atom. The Kier molecular flexibility index (Phi) is 20.4. The highest BCUT2D eigenvalue weighted by Gasteiger charge is 2.31. The Hall–Kier alpha value is -6.31. The number of hydrogen-bond donors (Lipinski definition) is 6. The number of nitrogens with two attached hydrogens (primary N) is 1. The maximum Gasteiger partial charge on any atom is 0.325 e. The summed E-state index contributed by atoms with van der Waals surface area (Å²) in [6.45, 7) is 4.54. The highest BCUT2D eigenvalue weighted by atomic mass is 35.5. The van der Waals surface area contributed by atoms with Crippen LogP contribution >= 0.6 is 35.6 Å². The number of hydrogen-bond acceptors (Lipinski definition) is 12. The van der Waals surface area contributed by atoms with Crippen molar-refractivity contribution in [3.63, 3.8) is 0 Å². The van der Waals surface area contributed by atoms with Gasteiger partial charge in [0.2, 0.25) is 17.7 Å². The Balaban J connectivity index is 0.000000209. The fraction of sp³-hybridized carbons (Fsp3) is 0.362. The van der Waals surface area contributed by atoms with Gasteiger partial charge in [-0.1, -0.05) is 90.3 Å². The third-order valence-corrected chi connectivity index (χ3v) is 12.2. The first kappa shape index (κ1) is 52.7. The molecule has 18 nitrogen and oxygen atoms in total. The average molecular weight is 989 g/mol. The molecule has 0 unspecified atom stereocenters. The van der Waals surface area contributed by atoms with E-state index >= 15 is 0 Å². The molecule has 0 bridgehead atoms. The van der Waals surface area contributed by atoms with E-state index in [4.69, 9.17) is 34.0 Å². The van der Waals surface area contributed by atoms with Crippen LogP contribution in [0.1, 0.15) is 86.5 Å². The summed E-state index contributed by atoms with van der Waals surface area (Å²) in [5.74, 6) is -0.928. The molecule has 360 valence electrons. The Morgan fingerprint density at radius 2 is 1.28 bits per heavy atom. The number of nitrogens with one attached hydrogen (secondary N) is 4. The molecule has 1 aliphatic carbocycles. The zero-order valence-corrected chi connectivity index (χ0v) is 39.9. The van der Waals surface area contributed by atoms with Crippen LogP contribution in [0.3, 0.4) is 0 Å². The fourth-order valence-corrected chi connectivity index (χ4v) is 8.50. The number of carbonyl (C=O) groups is 4. The van der Waals surface area contributed by atoms with Gasteiger partial charge in [0.25, 0.3) is 0 Å². The van der Waals surface area contributed by atoms with Crippen LogP contribution in [0, 0.1) is 5.92 Å². The van der Waals surface area contributed by atoms with Crippen molar-refractivity contribution in [2.24, 2.45) is 11.7 Å². The molecule has 0 spiro atoms. The second kappa shape index (κ2) is 26.3. The lowest BCUT2D eigenvalue weighted by molar-refractivity contribution is -0.142. The molecule has 21 heteroatoms. The van der Waals surface area contributed by atoms with Gasteiger partial charge in [-0.3, -0.25) is 19.2 Å². The number of aromatic nitrogens is 8. The van der Waals surface area contributed by atoms with E-state index in [-0.39, 0.29) is 48.6 Å². The molecule has 4 aromatic carbocycles. The van der Waals surface area contributed by atoms with Crippen LogP contribution in [0.25, 0.3) is 11.4 Å². The van der Waals surface area contributed by atoms with Gasteiger partial charge in [0.15, 0.2) is 0 Å². The summed E-state index contributed by atoms with van der Waals surface area (Å²) in [6, 6.07) is 29.3. The van der Waals surface area contributed by atoms with Crippen LogP contribution in [0.4, 0.5) is 0 Å². The monoisotopic (exact) mass is 987 g/mol. The number of rotatable bonds is 13. The Morgan fingerprint density at radius 3 is 1.82 bits per heavy atom. The van der Waals surface area contributed by atoms with Crippen LogP contribution in [-0.2, 0) is 32.3 Å². The topological polar surface area (TPSA) is 250 Å². The van der Waals surface area contributed by atoms with Crippen molar-refractivity contribution >= 4 is 59.3 Å². The van der Waals surface area contributed by atoms with E-state index in [1.54, 1.807) is 41.9 Å². The molecule has 0 radical (unpaired) electrons. The zero-order valence-electron chi connectivity index (χ0n) is 37.6. The third-order valence-electron chi connectivity index (χ3n) is 11.7. The van der Waals surface area contributed by atoms with E-state index in [1.165, 1.54) is 35.4 Å². The van der Waals surface area contributed by atoms with Crippen molar-refractivity contribution < 1.29 is 24.3 Å². The maximum absolute atomic E-state index is 12.8. The Bertz CT molecular complexity index is 2520. The molecule has 68 heavy (non-hydrogen) atoms.